The molecule has 0 fully saturated rings. The van der Waals surface area contributed by atoms with Gasteiger partial charge in [-0.3, -0.25) is 13.9 Å². The zero-order valence-corrected chi connectivity index (χ0v) is 20.4. The normalized spacial score (nSPS) is 12.2. The summed E-state index contributed by atoms with van der Waals surface area (Å²) in [6.45, 7) is 5.59. The number of hydrogen-bond donors (Lipinski definition) is 1. The van der Waals surface area contributed by atoms with Gasteiger partial charge in [0.15, 0.2) is 0 Å². The first kappa shape index (κ1) is 26.3. The summed E-state index contributed by atoms with van der Waals surface area (Å²) in [4.78, 5) is 27.7. The van der Waals surface area contributed by atoms with Crippen molar-refractivity contribution < 1.29 is 22.4 Å². The number of hydrogen-bond acceptors (Lipinski definition) is 4. The Morgan fingerprint density at radius 1 is 1.06 bits per heavy atom. The van der Waals surface area contributed by atoms with E-state index in [1.165, 1.54) is 23.1 Å². The van der Waals surface area contributed by atoms with E-state index in [4.69, 9.17) is 0 Å². The summed E-state index contributed by atoms with van der Waals surface area (Å²) in [6, 6.07) is 12.1. The first-order valence-electron chi connectivity index (χ1n) is 10.9. The van der Waals surface area contributed by atoms with Crippen LogP contribution in [0.25, 0.3) is 0 Å². The van der Waals surface area contributed by atoms with Crippen molar-refractivity contribution in [2.24, 2.45) is 0 Å². The van der Waals surface area contributed by atoms with Crippen LogP contribution in [0, 0.1) is 12.7 Å². The van der Waals surface area contributed by atoms with Gasteiger partial charge in [0.05, 0.1) is 11.9 Å². The van der Waals surface area contributed by atoms with Crippen LogP contribution in [0.2, 0.25) is 0 Å². The van der Waals surface area contributed by atoms with Crippen LogP contribution in [0.3, 0.4) is 0 Å². The fraction of sp³-hybridized carbons (Fsp3) is 0.417. The minimum atomic E-state index is -3.97. The van der Waals surface area contributed by atoms with E-state index in [1.54, 1.807) is 6.92 Å². The van der Waals surface area contributed by atoms with Gasteiger partial charge < -0.3 is 10.2 Å². The summed E-state index contributed by atoms with van der Waals surface area (Å²) in [7, 11) is -3.97. The SMILES string of the molecule is CCCNC(=O)[C@H](CC)N(Cc1ccccc1C)C(=O)CN(c1ccccc1F)S(C)(=O)=O. The molecule has 1 atom stereocenters. The Morgan fingerprint density at radius 2 is 1.70 bits per heavy atom. The quantitative estimate of drug-likeness (QED) is 0.538. The van der Waals surface area contributed by atoms with Gasteiger partial charge in [0.2, 0.25) is 21.8 Å². The van der Waals surface area contributed by atoms with Gasteiger partial charge in [-0.15, -0.1) is 0 Å². The Balaban J connectivity index is 2.45. The lowest BCUT2D eigenvalue weighted by atomic mass is 10.1. The molecule has 0 bridgehead atoms. The van der Waals surface area contributed by atoms with Crippen molar-refractivity contribution in [2.45, 2.75) is 46.2 Å². The molecule has 0 aliphatic rings. The van der Waals surface area contributed by atoms with Crippen LogP contribution in [-0.4, -0.2) is 50.5 Å². The van der Waals surface area contributed by atoms with Gasteiger partial charge in [-0.25, -0.2) is 12.8 Å². The van der Waals surface area contributed by atoms with Gasteiger partial charge in [0.25, 0.3) is 0 Å². The van der Waals surface area contributed by atoms with Gasteiger partial charge in [-0.2, -0.15) is 0 Å². The maximum atomic E-state index is 14.4. The summed E-state index contributed by atoms with van der Waals surface area (Å²) < 4.78 is 40.1. The third-order valence-corrected chi connectivity index (χ3v) is 6.46. The lowest BCUT2D eigenvalue weighted by molar-refractivity contribution is -0.140. The van der Waals surface area contributed by atoms with E-state index in [2.05, 4.69) is 5.32 Å². The third-order valence-electron chi connectivity index (χ3n) is 5.34. The van der Waals surface area contributed by atoms with E-state index in [0.717, 1.165) is 34.2 Å². The highest BCUT2D eigenvalue weighted by atomic mass is 32.2. The number of sulfonamides is 1. The molecule has 0 saturated heterocycles. The number of amides is 2. The summed E-state index contributed by atoms with van der Waals surface area (Å²) in [6.07, 6.45) is 2.00. The van der Waals surface area contributed by atoms with E-state index in [9.17, 15) is 22.4 Å². The number of para-hydroxylation sites is 1. The molecule has 0 saturated carbocycles. The Hall–Kier alpha value is -2.94. The second-order valence-electron chi connectivity index (χ2n) is 7.88. The largest absolute Gasteiger partial charge is 0.354 e. The Labute approximate surface area is 195 Å². The van der Waals surface area contributed by atoms with E-state index in [1.807, 2.05) is 38.1 Å². The molecule has 0 spiro atoms. The van der Waals surface area contributed by atoms with Gasteiger partial charge in [0.1, 0.15) is 18.4 Å². The molecule has 1 N–H and O–H groups in total. The average Bonchev–Trinajstić information content (AvgIpc) is 2.76. The molecule has 2 amide bonds. The number of halogens is 1. The van der Waals surface area contributed by atoms with Crippen LogP contribution in [0.15, 0.2) is 48.5 Å². The molecule has 180 valence electrons. The van der Waals surface area contributed by atoms with Crippen LogP contribution in [0.1, 0.15) is 37.8 Å². The van der Waals surface area contributed by atoms with Crippen molar-refractivity contribution in [2.75, 3.05) is 23.7 Å². The predicted octanol–water partition coefficient (Wildman–Crippen LogP) is 3.23. The minimum absolute atomic E-state index is 0.123. The van der Waals surface area contributed by atoms with Crippen molar-refractivity contribution in [1.29, 1.82) is 0 Å². The molecule has 0 radical (unpaired) electrons. The second kappa shape index (κ2) is 11.8. The predicted molar refractivity (Wildman–Crippen MR) is 128 cm³/mol. The van der Waals surface area contributed by atoms with Gasteiger partial charge in [0, 0.05) is 13.1 Å². The second-order valence-corrected chi connectivity index (χ2v) is 9.79. The number of anilines is 1. The van der Waals surface area contributed by atoms with Crippen LogP contribution >= 0.6 is 0 Å². The van der Waals surface area contributed by atoms with Gasteiger partial charge in [-0.05, 0) is 43.0 Å². The number of nitrogens with one attached hydrogen (secondary N) is 1. The minimum Gasteiger partial charge on any atom is -0.354 e. The van der Waals surface area contributed by atoms with Crippen molar-refractivity contribution in [3.05, 3.63) is 65.5 Å². The van der Waals surface area contributed by atoms with Gasteiger partial charge in [-0.1, -0.05) is 50.2 Å². The Bertz CT molecular complexity index is 1070. The molecule has 2 rings (SSSR count). The molecule has 2 aromatic carbocycles. The Morgan fingerprint density at radius 3 is 2.27 bits per heavy atom. The highest BCUT2D eigenvalue weighted by Gasteiger charge is 2.32. The molecule has 9 heteroatoms. The molecule has 7 nitrogen and oxygen atoms in total. The number of carbonyl (C=O) groups excluding carboxylic acids is 2. The number of aryl methyl sites for hydroxylation is 1. The standard InChI is InChI=1S/C24H32FN3O4S/c1-5-15-26-24(30)21(6-2)27(16-19-12-8-7-11-18(19)3)23(29)17-28(33(4,31)32)22-14-10-9-13-20(22)25/h7-14,21H,5-6,15-17H2,1-4H3,(H,26,30)/t21-/m0/s1. The number of rotatable bonds is 11. The summed E-state index contributed by atoms with van der Waals surface area (Å²) in [5.41, 5.74) is 1.56. The molecule has 2 aromatic rings. The molecule has 0 aliphatic heterocycles. The Kier molecular flexibility index (Phi) is 9.40. The molecule has 33 heavy (non-hydrogen) atoms. The van der Waals surface area contributed by atoms with E-state index < -0.39 is 34.3 Å². The van der Waals surface area contributed by atoms with E-state index >= 15 is 0 Å². The highest BCUT2D eigenvalue weighted by Crippen LogP contribution is 2.23. The van der Waals surface area contributed by atoms with Crippen LogP contribution < -0.4 is 9.62 Å². The summed E-state index contributed by atoms with van der Waals surface area (Å²) >= 11 is 0. The zero-order chi connectivity index (χ0) is 24.6. The van der Waals surface area contributed by atoms with Crippen LogP contribution in [-0.2, 0) is 26.2 Å². The van der Waals surface area contributed by atoms with Crippen molar-refractivity contribution in [3.8, 4) is 0 Å². The fourth-order valence-corrected chi connectivity index (χ4v) is 4.36. The van der Waals surface area contributed by atoms with Crippen molar-refractivity contribution in [1.82, 2.24) is 10.2 Å². The average molecular weight is 478 g/mol. The molecule has 0 aromatic heterocycles. The smallest absolute Gasteiger partial charge is 0.244 e. The molecule has 0 aliphatic carbocycles. The summed E-state index contributed by atoms with van der Waals surface area (Å²) in [5, 5.41) is 2.82. The number of nitrogens with zero attached hydrogens (tertiary/aromatic N) is 2. The number of benzene rings is 2. The van der Waals surface area contributed by atoms with Crippen LogP contribution in [0.4, 0.5) is 10.1 Å². The molecular weight excluding hydrogens is 445 g/mol. The third kappa shape index (κ3) is 7.02. The monoisotopic (exact) mass is 477 g/mol. The van der Waals surface area contributed by atoms with E-state index in [-0.39, 0.29) is 18.1 Å². The fourth-order valence-electron chi connectivity index (χ4n) is 3.51. The maximum absolute atomic E-state index is 14.4. The number of carbonyl (C=O) groups is 2. The topological polar surface area (TPSA) is 86.8 Å². The first-order chi connectivity index (χ1) is 15.6. The van der Waals surface area contributed by atoms with E-state index in [0.29, 0.717) is 13.0 Å². The highest BCUT2D eigenvalue weighted by molar-refractivity contribution is 7.92. The first-order valence-corrected chi connectivity index (χ1v) is 12.8. The molecule has 0 heterocycles. The van der Waals surface area contributed by atoms with Gasteiger partial charge >= 0.3 is 0 Å². The van der Waals surface area contributed by atoms with Crippen molar-refractivity contribution in [3.63, 3.8) is 0 Å². The maximum Gasteiger partial charge on any atom is 0.244 e. The summed E-state index contributed by atoms with van der Waals surface area (Å²) in [5.74, 6) is -1.66. The molecular formula is C24H32FN3O4S. The zero-order valence-electron chi connectivity index (χ0n) is 19.5. The lowest BCUT2D eigenvalue weighted by Crippen LogP contribution is -2.52. The molecule has 0 unspecified atom stereocenters. The lowest BCUT2D eigenvalue weighted by Gasteiger charge is -2.33. The van der Waals surface area contributed by atoms with Crippen molar-refractivity contribution >= 4 is 27.5 Å². The van der Waals surface area contributed by atoms with Crippen LogP contribution in [0.5, 0.6) is 0 Å².